The monoisotopic (exact) mass is 272 g/mol. The normalized spacial score (nSPS) is 11.0. The van der Waals surface area contributed by atoms with E-state index in [2.05, 4.69) is 36.3 Å². The highest BCUT2D eigenvalue weighted by Crippen LogP contribution is 2.34. The first kappa shape index (κ1) is 14.5. The first-order valence-electron chi connectivity index (χ1n) is 5.80. The van der Waals surface area contributed by atoms with Crippen molar-refractivity contribution in [2.24, 2.45) is 0 Å². The van der Waals surface area contributed by atoms with Crippen molar-refractivity contribution in [2.75, 3.05) is 18.6 Å². The van der Waals surface area contributed by atoms with E-state index in [0.29, 0.717) is 0 Å². The number of nitrogens with one attached hydrogen (secondary N) is 2. The predicted octanol–water partition coefficient (Wildman–Crippen LogP) is 3.21. The van der Waals surface area contributed by atoms with Crippen molar-refractivity contribution in [1.82, 2.24) is 5.32 Å². The average Bonchev–Trinajstić information content (AvgIpc) is 2.59. The Hall–Kier alpha value is -0.600. The van der Waals surface area contributed by atoms with Crippen LogP contribution >= 0.6 is 19.3 Å². The van der Waals surface area contributed by atoms with Crippen LogP contribution in [0, 0.1) is 0 Å². The summed E-state index contributed by atoms with van der Waals surface area (Å²) in [6.45, 7) is 10.5. The molecule has 0 aliphatic carbocycles. The molecule has 0 aliphatic rings. The Bertz CT molecular complexity index is 388. The van der Waals surface area contributed by atoms with Gasteiger partial charge in [-0.1, -0.05) is 14.8 Å². The number of carbonyl (C=O) groups is 1. The zero-order chi connectivity index (χ0) is 13.0. The Balaban J connectivity index is 2.87. The molecule has 1 aromatic heterocycles. The van der Waals surface area contributed by atoms with Gasteiger partial charge in [-0.3, -0.25) is 0 Å². The van der Waals surface area contributed by atoms with E-state index < -0.39 is 0 Å². The molecule has 0 aliphatic heterocycles. The number of aryl methyl sites for hydroxylation is 1. The van der Waals surface area contributed by atoms with Gasteiger partial charge in [-0.15, -0.1) is 11.3 Å². The highest BCUT2D eigenvalue weighted by Gasteiger charge is 2.15. The summed E-state index contributed by atoms with van der Waals surface area (Å²) in [7, 11) is -0.176. The molecule has 1 aromatic rings. The molecule has 96 valence electrons. The van der Waals surface area contributed by atoms with E-state index in [9.17, 15) is 4.79 Å². The molecule has 17 heavy (non-hydrogen) atoms. The van der Waals surface area contributed by atoms with Gasteiger partial charge in [-0.25, -0.2) is 4.79 Å². The van der Waals surface area contributed by atoms with Gasteiger partial charge in [0.2, 0.25) is 0 Å². The summed E-state index contributed by atoms with van der Waals surface area (Å²) in [6, 6.07) is 0.0538. The van der Waals surface area contributed by atoms with Gasteiger partial charge in [0.1, 0.15) is 0 Å². The Morgan fingerprint density at radius 2 is 2.12 bits per heavy atom. The lowest BCUT2D eigenvalue weighted by atomic mass is 10.2. The van der Waals surface area contributed by atoms with Gasteiger partial charge in [-0.2, -0.15) is 0 Å². The summed E-state index contributed by atoms with van der Waals surface area (Å²) in [6.07, 6.45) is 0.955. The summed E-state index contributed by atoms with van der Waals surface area (Å²) in [5, 5.41) is 8.01. The number of urea groups is 1. The maximum Gasteiger partial charge on any atom is 0.319 e. The van der Waals surface area contributed by atoms with Gasteiger partial charge in [-0.05, 0) is 44.5 Å². The number of amides is 2. The second-order valence-corrected chi connectivity index (χ2v) is 7.86. The van der Waals surface area contributed by atoms with E-state index in [4.69, 9.17) is 0 Å². The third-order valence-corrected chi connectivity index (χ3v) is 5.57. The van der Waals surface area contributed by atoms with E-state index in [1.54, 1.807) is 11.3 Å². The topological polar surface area (TPSA) is 41.1 Å². The van der Waals surface area contributed by atoms with Crippen molar-refractivity contribution in [1.29, 1.82) is 0 Å². The lowest BCUT2D eigenvalue weighted by Gasteiger charge is -2.13. The van der Waals surface area contributed by atoms with Crippen molar-refractivity contribution in [3.8, 4) is 0 Å². The largest absolute Gasteiger partial charge is 0.336 e. The molecule has 0 unspecified atom stereocenters. The molecule has 2 N–H and O–H groups in total. The maximum atomic E-state index is 11.8. The van der Waals surface area contributed by atoms with Gasteiger partial charge in [0.05, 0.1) is 10.3 Å². The van der Waals surface area contributed by atoms with Crippen molar-refractivity contribution < 1.29 is 4.79 Å². The third kappa shape index (κ3) is 3.97. The maximum absolute atomic E-state index is 11.8. The Labute approximate surface area is 109 Å². The van der Waals surface area contributed by atoms with E-state index in [1.807, 2.05) is 13.8 Å². The van der Waals surface area contributed by atoms with Crippen LogP contribution in [-0.2, 0) is 6.42 Å². The Morgan fingerprint density at radius 1 is 1.47 bits per heavy atom. The van der Waals surface area contributed by atoms with Gasteiger partial charge in [0.15, 0.2) is 0 Å². The van der Waals surface area contributed by atoms with Gasteiger partial charge in [0, 0.05) is 6.04 Å². The van der Waals surface area contributed by atoms with Gasteiger partial charge < -0.3 is 10.6 Å². The molecule has 0 radical (unpaired) electrons. The minimum atomic E-state index is -0.176. The first-order valence-corrected chi connectivity index (χ1v) is 8.92. The molecule has 0 saturated carbocycles. The molecule has 3 nitrogen and oxygen atoms in total. The number of thiophene rings is 1. The van der Waals surface area contributed by atoms with Crippen molar-refractivity contribution in [3.63, 3.8) is 0 Å². The third-order valence-electron chi connectivity index (χ3n) is 2.29. The molecule has 0 aromatic carbocycles. The van der Waals surface area contributed by atoms with Gasteiger partial charge in [0.25, 0.3) is 0 Å². The second-order valence-electron chi connectivity index (χ2n) is 4.44. The minimum absolute atomic E-state index is 0.105. The van der Waals surface area contributed by atoms with E-state index in [-0.39, 0.29) is 20.0 Å². The molecule has 1 rings (SSSR count). The predicted molar refractivity (Wildman–Crippen MR) is 79.4 cm³/mol. The average molecular weight is 272 g/mol. The molecular weight excluding hydrogens is 251 g/mol. The Kier molecular flexibility index (Phi) is 5.41. The van der Waals surface area contributed by atoms with Crippen LogP contribution in [0.5, 0.6) is 0 Å². The highest BCUT2D eigenvalue weighted by molar-refractivity contribution is 7.70. The lowest BCUT2D eigenvalue weighted by molar-refractivity contribution is 0.250. The highest BCUT2D eigenvalue weighted by atomic mass is 32.1. The van der Waals surface area contributed by atoms with Crippen LogP contribution in [0.25, 0.3) is 0 Å². The molecule has 0 fully saturated rings. The van der Waals surface area contributed by atoms with Crippen LogP contribution in [0.2, 0.25) is 0 Å². The van der Waals surface area contributed by atoms with Crippen LogP contribution in [-0.4, -0.2) is 25.4 Å². The summed E-state index contributed by atoms with van der Waals surface area (Å²) < 4.78 is 1.32. The molecule has 0 atom stereocenters. The van der Waals surface area contributed by atoms with E-state index >= 15 is 0 Å². The molecule has 0 saturated heterocycles. The second kappa shape index (κ2) is 6.36. The quantitative estimate of drug-likeness (QED) is 0.812. The molecule has 5 heteroatoms. The SMILES string of the molecule is CCc1csc(P(C)C)c1NC(=O)NC(C)C. The molecule has 2 amide bonds. The number of rotatable bonds is 4. The molecule has 0 spiro atoms. The number of hydrogen-bond donors (Lipinski definition) is 2. The van der Waals surface area contributed by atoms with Crippen molar-refractivity contribution in [3.05, 3.63) is 10.9 Å². The fraction of sp³-hybridized carbons (Fsp3) is 0.583. The molecular formula is C12H21N2OPS. The van der Waals surface area contributed by atoms with Crippen LogP contribution < -0.4 is 15.3 Å². The summed E-state index contributed by atoms with van der Waals surface area (Å²) >= 11 is 1.76. The summed E-state index contributed by atoms with van der Waals surface area (Å²) in [4.78, 5) is 11.8. The van der Waals surface area contributed by atoms with E-state index in [0.717, 1.165) is 12.1 Å². The fourth-order valence-electron chi connectivity index (χ4n) is 1.52. The lowest BCUT2D eigenvalue weighted by Crippen LogP contribution is -2.35. The van der Waals surface area contributed by atoms with Crippen LogP contribution in [0.15, 0.2) is 5.38 Å². The zero-order valence-corrected chi connectivity index (χ0v) is 12.8. The minimum Gasteiger partial charge on any atom is -0.336 e. The van der Waals surface area contributed by atoms with Crippen LogP contribution in [0.4, 0.5) is 10.5 Å². The van der Waals surface area contributed by atoms with Crippen LogP contribution in [0.3, 0.4) is 0 Å². The number of carbonyl (C=O) groups excluding carboxylic acids is 1. The number of anilines is 1. The molecule has 1 heterocycles. The fourth-order valence-corrected chi connectivity index (χ4v) is 4.00. The standard InChI is InChI=1S/C12H21N2OPS/c1-6-9-7-17-11(16(4)5)10(9)14-12(15)13-8(2)3/h7-8H,6H2,1-5H3,(H2,13,14,15). The van der Waals surface area contributed by atoms with Crippen molar-refractivity contribution in [2.45, 2.75) is 33.2 Å². The summed E-state index contributed by atoms with van der Waals surface area (Å²) in [5.41, 5.74) is 2.27. The molecule has 0 bridgehead atoms. The van der Waals surface area contributed by atoms with E-state index in [1.165, 1.54) is 10.2 Å². The van der Waals surface area contributed by atoms with Crippen LogP contribution in [0.1, 0.15) is 26.3 Å². The first-order chi connectivity index (χ1) is 7.95. The summed E-state index contributed by atoms with van der Waals surface area (Å²) in [5.74, 6) is 0. The van der Waals surface area contributed by atoms with Crippen molar-refractivity contribution >= 4 is 35.6 Å². The zero-order valence-electron chi connectivity index (χ0n) is 11.1. The van der Waals surface area contributed by atoms with Gasteiger partial charge >= 0.3 is 6.03 Å². The number of hydrogen-bond acceptors (Lipinski definition) is 2. The smallest absolute Gasteiger partial charge is 0.319 e. The Morgan fingerprint density at radius 3 is 2.59 bits per heavy atom.